The number of halogens is 1. The van der Waals surface area contributed by atoms with Crippen molar-refractivity contribution in [2.24, 2.45) is 5.92 Å². The molecule has 17 heteroatoms. The Morgan fingerprint density at radius 3 is 2.41 bits per heavy atom. The van der Waals surface area contributed by atoms with Crippen LogP contribution in [0.25, 0.3) is 0 Å². The van der Waals surface area contributed by atoms with Crippen LogP contribution in [0, 0.1) is 11.7 Å². The van der Waals surface area contributed by atoms with E-state index in [4.69, 9.17) is 9.47 Å². The molecule has 1 unspecified atom stereocenters. The number of Topliss-reactive ketones (excluding diaryl/α,β-unsaturated/α-hetero) is 1. The fourth-order valence-electron chi connectivity index (χ4n) is 7.28. The van der Waals surface area contributed by atoms with Crippen molar-refractivity contribution in [2.45, 2.75) is 133 Å². The number of sulfonamides is 1. The van der Waals surface area contributed by atoms with Crippen molar-refractivity contribution >= 4 is 45.7 Å². The number of ketones is 1. The van der Waals surface area contributed by atoms with E-state index in [-0.39, 0.29) is 57.0 Å². The first-order valence-corrected chi connectivity index (χ1v) is 20.1. The highest BCUT2D eigenvalue weighted by atomic mass is 32.2. The monoisotopic (exact) mass is 773 g/mol. The van der Waals surface area contributed by atoms with Crippen LogP contribution in [0.2, 0.25) is 0 Å². The molecule has 2 heterocycles. The maximum atomic E-state index is 14.4. The number of hydrogen-bond acceptors (Lipinski definition) is 10. The van der Waals surface area contributed by atoms with Crippen LogP contribution in [0.4, 0.5) is 14.0 Å². The lowest BCUT2D eigenvalue weighted by molar-refractivity contribution is -0.141. The molecule has 3 fully saturated rings. The van der Waals surface area contributed by atoms with Gasteiger partial charge in [-0.15, -0.1) is 0 Å². The number of benzene rings is 1. The third kappa shape index (κ3) is 8.55. The van der Waals surface area contributed by atoms with Gasteiger partial charge in [0, 0.05) is 24.9 Å². The van der Waals surface area contributed by atoms with Gasteiger partial charge in [0.2, 0.25) is 21.8 Å². The van der Waals surface area contributed by atoms with Crippen LogP contribution in [0.1, 0.15) is 96.6 Å². The topological polar surface area (TPSA) is 198 Å². The number of rotatable bonds is 13. The molecule has 1 aromatic carbocycles. The molecule has 1 saturated heterocycles. The van der Waals surface area contributed by atoms with Gasteiger partial charge in [-0.1, -0.05) is 31.6 Å². The molecule has 0 aromatic heterocycles. The summed E-state index contributed by atoms with van der Waals surface area (Å²) in [7, 11) is -3.93. The predicted molar refractivity (Wildman–Crippen MR) is 190 cm³/mol. The molecule has 5 atom stereocenters. The Balaban J connectivity index is 1.23. The fourth-order valence-corrected chi connectivity index (χ4v) is 8.65. The Morgan fingerprint density at radius 2 is 1.81 bits per heavy atom. The third-order valence-corrected chi connectivity index (χ3v) is 12.5. The van der Waals surface area contributed by atoms with Gasteiger partial charge in [-0.25, -0.2) is 22.4 Å². The molecule has 5 amide bonds. The number of nitrogens with one attached hydrogen (secondary N) is 3. The highest BCUT2D eigenvalue weighted by Crippen LogP contribution is 2.47. The van der Waals surface area contributed by atoms with Crippen molar-refractivity contribution in [1.82, 2.24) is 25.2 Å². The minimum atomic E-state index is -3.93. The smallest absolute Gasteiger partial charge is 0.410 e. The molecule has 2 saturated carbocycles. The number of carbonyl (C=O) groups excluding carboxylic acids is 6. The van der Waals surface area contributed by atoms with Crippen LogP contribution in [0.15, 0.2) is 29.8 Å². The second-order valence-electron chi connectivity index (χ2n) is 15.9. The molecule has 0 spiro atoms. The zero-order chi connectivity index (χ0) is 39.2. The lowest BCUT2D eigenvalue weighted by atomic mass is 9.92. The van der Waals surface area contributed by atoms with Crippen LogP contribution in [-0.4, -0.2) is 95.0 Å². The van der Waals surface area contributed by atoms with Gasteiger partial charge in [-0.2, -0.15) is 0 Å². The molecule has 3 aliphatic carbocycles. The van der Waals surface area contributed by atoms with E-state index < -0.39 is 80.3 Å². The fraction of sp³-hybridized carbons (Fsp3) is 0.622. The minimum absolute atomic E-state index is 0.0354. The van der Waals surface area contributed by atoms with E-state index in [0.29, 0.717) is 42.4 Å². The van der Waals surface area contributed by atoms with Crippen LogP contribution >= 0.6 is 0 Å². The van der Waals surface area contributed by atoms with E-state index in [1.807, 2.05) is 0 Å². The first-order chi connectivity index (χ1) is 25.4. The Bertz CT molecular complexity index is 1880. The Morgan fingerprint density at radius 1 is 1.09 bits per heavy atom. The van der Waals surface area contributed by atoms with Gasteiger partial charge in [0.25, 0.3) is 5.91 Å². The molecule has 0 radical (unpaired) electrons. The van der Waals surface area contributed by atoms with Gasteiger partial charge < -0.3 is 25.0 Å². The number of hydrogen-bond donors (Lipinski definition) is 3. The number of ether oxygens (including phenoxy) is 2. The highest BCUT2D eigenvalue weighted by Gasteiger charge is 2.62. The SMILES string of the molecule is CCC1C[C@]1(NC(=O)[C@@H]1C[C@@H](OC(=O)N2Cc3cccc(F)c3C2)CN1C(=O)[C@H](CCC(=O)C1=CCC1)NC(=O)OC(C)(C)C)C(=O)NS(=O)(=O)C1CC1. The summed E-state index contributed by atoms with van der Waals surface area (Å²) in [5.74, 6) is -3.39. The summed E-state index contributed by atoms with van der Waals surface area (Å²) in [6, 6.07) is 1.90. The van der Waals surface area contributed by atoms with Crippen LogP contribution in [-0.2, 0) is 51.8 Å². The average Bonchev–Trinajstić information content (AvgIpc) is 3.95. The summed E-state index contributed by atoms with van der Waals surface area (Å²) in [6.07, 6.45) is 1.54. The number of likely N-dealkylation sites (tertiary alicyclic amines) is 1. The molecule has 1 aromatic rings. The van der Waals surface area contributed by atoms with Crippen molar-refractivity contribution in [3.63, 3.8) is 0 Å². The average molecular weight is 774 g/mol. The minimum Gasteiger partial charge on any atom is -0.444 e. The van der Waals surface area contributed by atoms with E-state index in [0.717, 1.165) is 11.3 Å². The molecule has 15 nitrogen and oxygen atoms in total. The summed E-state index contributed by atoms with van der Waals surface area (Å²) in [5, 5.41) is 4.62. The van der Waals surface area contributed by atoms with Crippen molar-refractivity contribution in [3.05, 3.63) is 46.8 Å². The zero-order valence-electron chi connectivity index (χ0n) is 30.9. The Labute approximate surface area is 313 Å². The predicted octanol–water partition coefficient (Wildman–Crippen LogP) is 3.10. The largest absolute Gasteiger partial charge is 0.444 e. The molecule has 0 bridgehead atoms. The van der Waals surface area contributed by atoms with Crippen molar-refractivity contribution < 1.29 is 51.0 Å². The first-order valence-electron chi connectivity index (χ1n) is 18.5. The molecule has 5 aliphatic rings. The lowest BCUT2D eigenvalue weighted by Gasteiger charge is -2.30. The van der Waals surface area contributed by atoms with E-state index in [2.05, 4.69) is 15.4 Å². The Hall–Kier alpha value is -4.54. The van der Waals surface area contributed by atoms with Crippen molar-refractivity contribution in [1.29, 1.82) is 0 Å². The van der Waals surface area contributed by atoms with E-state index in [1.165, 1.54) is 11.0 Å². The van der Waals surface area contributed by atoms with E-state index in [9.17, 15) is 41.6 Å². The van der Waals surface area contributed by atoms with Gasteiger partial charge in [-0.3, -0.25) is 28.8 Å². The second kappa shape index (κ2) is 14.9. The summed E-state index contributed by atoms with van der Waals surface area (Å²) < 4.78 is 53.1. The quantitative estimate of drug-likeness (QED) is 0.268. The molecule has 54 heavy (non-hydrogen) atoms. The van der Waals surface area contributed by atoms with E-state index >= 15 is 0 Å². The van der Waals surface area contributed by atoms with Crippen LogP contribution in [0.3, 0.4) is 0 Å². The molecular weight excluding hydrogens is 725 g/mol. The number of allylic oxidation sites excluding steroid dienone is 2. The van der Waals surface area contributed by atoms with Gasteiger partial charge in [-0.05, 0) is 82.4 Å². The normalized spacial score (nSPS) is 25.1. The summed E-state index contributed by atoms with van der Waals surface area (Å²) >= 11 is 0. The van der Waals surface area contributed by atoms with Gasteiger partial charge in [0.05, 0.1) is 18.3 Å². The highest BCUT2D eigenvalue weighted by molar-refractivity contribution is 7.91. The lowest BCUT2D eigenvalue weighted by Crippen LogP contribution is -2.58. The maximum absolute atomic E-state index is 14.4. The summed E-state index contributed by atoms with van der Waals surface area (Å²) in [5.41, 5.74) is -0.840. The first kappa shape index (κ1) is 39.2. The van der Waals surface area contributed by atoms with Crippen LogP contribution in [0.5, 0.6) is 0 Å². The van der Waals surface area contributed by atoms with E-state index in [1.54, 1.807) is 45.9 Å². The number of alkyl carbamates (subject to hydrolysis) is 1. The molecule has 294 valence electrons. The Kier molecular flexibility index (Phi) is 10.8. The zero-order valence-corrected chi connectivity index (χ0v) is 31.8. The molecule has 3 N–H and O–H groups in total. The maximum Gasteiger partial charge on any atom is 0.410 e. The number of nitrogens with zero attached hydrogens (tertiary/aromatic N) is 2. The molecular formula is C37H48FN5O10S. The van der Waals surface area contributed by atoms with Gasteiger partial charge >= 0.3 is 12.2 Å². The summed E-state index contributed by atoms with van der Waals surface area (Å²) in [6.45, 7) is 6.52. The number of fused-ring (bicyclic) bond motifs is 1. The summed E-state index contributed by atoms with van der Waals surface area (Å²) in [4.78, 5) is 83.7. The van der Waals surface area contributed by atoms with Crippen LogP contribution < -0.4 is 15.4 Å². The standard InChI is InChI=1S/C37H48FN5O10S/c1-5-23-17-37(23,33(47)41-54(50,51)25-12-13-25)40-31(45)29-16-24(52-35(49)42-18-22-10-7-11-27(38)26(22)20-42)19-43(29)32(46)28(39-34(48)53-36(2,3)4)14-15-30(44)21-8-6-9-21/h7-8,10-11,23-25,28-29H,5-6,9,12-20H2,1-4H3,(H,39,48)(H,40,45)(H,41,47)/t23?,24-,28+,29+,37-/m1/s1. The van der Waals surface area contributed by atoms with Crippen molar-refractivity contribution in [3.8, 4) is 0 Å². The third-order valence-electron chi connectivity index (χ3n) is 10.7. The number of carbonyl (C=O) groups is 6. The molecule has 6 rings (SSSR count). The number of amides is 5. The van der Waals surface area contributed by atoms with Gasteiger partial charge in [0.1, 0.15) is 35.1 Å². The second-order valence-corrected chi connectivity index (χ2v) is 17.8. The van der Waals surface area contributed by atoms with Crippen molar-refractivity contribution in [2.75, 3.05) is 6.54 Å². The molecule has 2 aliphatic heterocycles. The van der Waals surface area contributed by atoms with Gasteiger partial charge in [0.15, 0.2) is 5.78 Å².